The van der Waals surface area contributed by atoms with Gasteiger partial charge in [0.05, 0.1) is 38.0 Å². The number of carboxylic acid groups (broad SMARTS) is 1. The molecule has 1 atom stereocenters. The number of hydrazone groups is 1. The molecule has 3 aromatic carbocycles. The quantitative estimate of drug-likeness (QED) is 0.273. The molecule has 0 saturated carbocycles. The molecule has 1 aliphatic heterocycles. The van der Waals surface area contributed by atoms with Crippen LogP contribution in [0.2, 0.25) is 0 Å². The third-order valence-corrected chi connectivity index (χ3v) is 7.34. The van der Waals surface area contributed by atoms with E-state index in [2.05, 4.69) is 26.0 Å². The fraction of sp³-hybridized carbons (Fsp3) is 0.200. The van der Waals surface area contributed by atoms with E-state index in [9.17, 15) is 19.5 Å². The average Bonchev–Trinajstić information content (AvgIpc) is 3.40. The molecule has 0 spiro atoms. The molecule has 2 heterocycles. The monoisotopic (exact) mass is 603 g/mol. The van der Waals surface area contributed by atoms with Gasteiger partial charge < -0.3 is 19.6 Å². The molecular formula is C30H26BrN3O6. The van der Waals surface area contributed by atoms with E-state index < -0.39 is 17.9 Å². The van der Waals surface area contributed by atoms with Crippen molar-refractivity contribution < 1.29 is 24.2 Å². The molecule has 1 amide bonds. The summed E-state index contributed by atoms with van der Waals surface area (Å²) in [5.74, 6) is -0.498. The van der Waals surface area contributed by atoms with Gasteiger partial charge in [-0.2, -0.15) is 5.10 Å². The summed E-state index contributed by atoms with van der Waals surface area (Å²) >= 11 is 3.54. The van der Waals surface area contributed by atoms with Crippen LogP contribution in [0.3, 0.4) is 0 Å². The first-order valence-corrected chi connectivity index (χ1v) is 13.3. The molecule has 0 fully saturated rings. The van der Waals surface area contributed by atoms with Crippen LogP contribution in [0.4, 0.5) is 0 Å². The van der Waals surface area contributed by atoms with Crippen LogP contribution in [0.15, 0.2) is 81.1 Å². The molecule has 1 aliphatic rings. The number of nitrogens with one attached hydrogen (secondary N) is 1. The van der Waals surface area contributed by atoms with E-state index in [-0.39, 0.29) is 24.8 Å². The van der Waals surface area contributed by atoms with Gasteiger partial charge in [0.1, 0.15) is 11.5 Å². The number of carbonyl (C=O) groups excluding carboxylic acids is 1. The number of aliphatic carboxylic acids is 1. The van der Waals surface area contributed by atoms with E-state index in [0.717, 1.165) is 15.4 Å². The van der Waals surface area contributed by atoms with Crippen LogP contribution >= 0.6 is 15.9 Å². The van der Waals surface area contributed by atoms with Gasteiger partial charge in [-0.05, 0) is 42.0 Å². The third kappa shape index (κ3) is 5.22. The van der Waals surface area contributed by atoms with Gasteiger partial charge in [0.2, 0.25) is 5.91 Å². The van der Waals surface area contributed by atoms with Gasteiger partial charge in [0.15, 0.2) is 0 Å². The number of carbonyl (C=O) groups is 2. The Morgan fingerprint density at radius 1 is 1.02 bits per heavy atom. The number of pyridine rings is 1. The number of fused-ring (bicyclic) bond motifs is 1. The summed E-state index contributed by atoms with van der Waals surface area (Å²) in [4.78, 5) is 41.3. The molecule has 0 unspecified atom stereocenters. The maximum atomic E-state index is 13.7. The summed E-state index contributed by atoms with van der Waals surface area (Å²) in [6, 6.07) is 19.8. The number of rotatable bonds is 8. The van der Waals surface area contributed by atoms with Crippen molar-refractivity contribution in [1.29, 1.82) is 0 Å². The summed E-state index contributed by atoms with van der Waals surface area (Å²) in [7, 11) is 3.06. The number of carboxylic acids is 1. The molecule has 0 bridgehead atoms. The summed E-state index contributed by atoms with van der Waals surface area (Å²) in [6.45, 7) is 0. The van der Waals surface area contributed by atoms with E-state index in [4.69, 9.17) is 9.47 Å². The number of benzene rings is 3. The molecule has 2 N–H and O–H groups in total. The highest BCUT2D eigenvalue weighted by Gasteiger charge is 2.37. The topological polar surface area (TPSA) is 121 Å². The summed E-state index contributed by atoms with van der Waals surface area (Å²) in [5, 5.41) is 16.0. The lowest BCUT2D eigenvalue weighted by Crippen LogP contribution is -2.27. The highest BCUT2D eigenvalue weighted by molar-refractivity contribution is 9.10. The first-order valence-electron chi connectivity index (χ1n) is 12.5. The van der Waals surface area contributed by atoms with E-state index in [1.807, 2.05) is 48.5 Å². The van der Waals surface area contributed by atoms with Crippen molar-refractivity contribution >= 4 is 44.4 Å². The van der Waals surface area contributed by atoms with Gasteiger partial charge >= 0.3 is 5.97 Å². The Balaban J connectivity index is 1.72. The lowest BCUT2D eigenvalue weighted by Gasteiger charge is -2.24. The van der Waals surface area contributed by atoms with Gasteiger partial charge in [-0.3, -0.25) is 14.4 Å². The highest BCUT2D eigenvalue weighted by atomic mass is 79.9. The van der Waals surface area contributed by atoms with Crippen LogP contribution in [-0.4, -0.2) is 46.9 Å². The number of amides is 1. The maximum Gasteiger partial charge on any atom is 0.303 e. The minimum atomic E-state index is -1.09. The molecule has 4 aromatic rings. The Bertz CT molecular complexity index is 1700. The number of aromatic nitrogens is 1. The number of hydrogen-bond donors (Lipinski definition) is 2. The summed E-state index contributed by atoms with van der Waals surface area (Å²) in [6.07, 6.45) is -0.395. The van der Waals surface area contributed by atoms with E-state index >= 15 is 0 Å². The molecule has 5 rings (SSSR count). The van der Waals surface area contributed by atoms with Crippen molar-refractivity contribution in [2.24, 2.45) is 5.10 Å². The standard InChI is InChI=1S/C30H26BrN3O6/c1-39-19-9-11-25(40-2)21(15-19)24-16-23(33-34(24)26(35)12-13-27(36)37)29-28(17-6-4-3-5-7-17)20-14-18(31)8-10-22(20)32-30(29)38/h3-11,14-15,24H,12-13,16H2,1-2H3,(H,32,38)(H,36,37)/t24-/m0/s1. The molecule has 10 heteroatoms. The number of nitrogens with zero attached hydrogens (tertiary/aromatic N) is 2. The zero-order chi connectivity index (χ0) is 28.4. The van der Waals surface area contributed by atoms with Crippen LogP contribution in [0.1, 0.15) is 36.4 Å². The smallest absolute Gasteiger partial charge is 0.303 e. The highest BCUT2D eigenvalue weighted by Crippen LogP contribution is 2.41. The van der Waals surface area contributed by atoms with Crippen LogP contribution in [0, 0.1) is 0 Å². The number of halogens is 1. The van der Waals surface area contributed by atoms with Gasteiger partial charge in [-0.15, -0.1) is 0 Å². The Morgan fingerprint density at radius 2 is 1.80 bits per heavy atom. The zero-order valence-corrected chi connectivity index (χ0v) is 23.4. The second-order valence-corrected chi connectivity index (χ2v) is 10.2. The lowest BCUT2D eigenvalue weighted by atomic mass is 9.90. The SMILES string of the molecule is COc1ccc(OC)c([C@@H]2CC(c3c(-c4ccccc4)c4cc(Br)ccc4[nH]c3=O)=NN2C(=O)CCC(=O)O)c1. The fourth-order valence-corrected chi connectivity index (χ4v) is 5.37. The minimum absolute atomic E-state index is 0.199. The largest absolute Gasteiger partial charge is 0.497 e. The van der Waals surface area contributed by atoms with Gasteiger partial charge in [0.25, 0.3) is 5.56 Å². The molecule has 0 saturated heterocycles. The predicted octanol–water partition coefficient (Wildman–Crippen LogP) is 5.52. The number of aromatic amines is 1. The first-order chi connectivity index (χ1) is 19.3. The molecule has 0 aliphatic carbocycles. The fourth-order valence-electron chi connectivity index (χ4n) is 5.01. The second-order valence-electron chi connectivity index (χ2n) is 9.27. The summed E-state index contributed by atoms with van der Waals surface area (Å²) in [5.41, 5.74) is 3.21. The zero-order valence-electron chi connectivity index (χ0n) is 21.8. The van der Waals surface area contributed by atoms with Crippen LogP contribution in [0.5, 0.6) is 11.5 Å². The number of hydrogen-bond acceptors (Lipinski definition) is 6. The first kappa shape index (κ1) is 27.1. The van der Waals surface area contributed by atoms with Crippen LogP contribution < -0.4 is 15.0 Å². The Labute approximate surface area is 238 Å². The number of H-pyrrole nitrogens is 1. The Morgan fingerprint density at radius 3 is 2.50 bits per heavy atom. The van der Waals surface area contributed by atoms with E-state index in [0.29, 0.717) is 39.4 Å². The predicted molar refractivity (Wildman–Crippen MR) is 155 cm³/mol. The van der Waals surface area contributed by atoms with Gasteiger partial charge in [-0.1, -0.05) is 46.3 Å². The van der Waals surface area contributed by atoms with E-state index in [1.165, 1.54) is 19.2 Å². The van der Waals surface area contributed by atoms with Gasteiger partial charge in [0, 0.05) is 39.3 Å². The van der Waals surface area contributed by atoms with Crippen molar-refractivity contribution in [3.8, 4) is 22.6 Å². The number of methoxy groups -OCH3 is 2. The molecule has 204 valence electrons. The van der Waals surface area contributed by atoms with Crippen molar-refractivity contribution in [3.63, 3.8) is 0 Å². The van der Waals surface area contributed by atoms with Crippen molar-refractivity contribution in [2.75, 3.05) is 14.2 Å². The average molecular weight is 604 g/mol. The lowest BCUT2D eigenvalue weighted by molar-refractivity contribution is -0.141. The van der Waals surface area contributed by atoms with Crippen molar-refractivity contribution in [2.45, 2.75) is 25.3 Å². The maximum absolute atomic E-state index is 13.7. The Hall–Kier alpha value is -4.44. The third-order valence-electron chi connectivity index (χ3n) is 6.84. The molecular weight excluding hydrogens is 578 g/mol. The number of ether oxygens (including phenoxy) is 2. The molecule has 40 heavy (non-hydrogen) atoms. The van der Waals surface area contributed by atoms with Crippen molar-refractivity contribution in [1.82, 2.24) is 9.99 Å². The minimum Gasteiger partial charge on any atom is -0.497 e. The molecule has 0 radical (unpaired) electrons. The molecule has 1 aromatic heterocycles. The summed E-state index contributed by atoms with van der Waals surface area (Å²) < 4.78 is 11.9. The van der Waals surface area contributed by atoms with Crippen LogP contribution in [-0.2, 0) is 9.59 Å². The normalized spacial score (nSPS) is 14.7. The van der Waals surface area contributed by atoms with E-state index in [1.54, 1.807) is 18.2 Å². The van der Waals surface area contributed by atoms with Crippen molar-refractivity contribution in [3.05, 3.63) is 92.7 Å². The Kier molecular flexibility index (Phi) is 7.70. The molecule has 9 nitrogen and oxygen atoms in total. The van der Waals surface area contributed by atoms with Crippen LogP contribution in [0.25, 0.3) is 22.0 Å². The second kappa shape index (κ2) is 11.4. The van der Waals surface area contributed by atoms with Gasteiger partial charge in [-0.25, -0.2) is 5.01 Å².